The lowest BCUT2D eigenvalue weighted by Crippen LogP contribution is -2.39. The van der Waals surface area contributed by atoms with Gasteiger partial charge in [-0.15, -0.1) is 0 Å². The monoisotopic (exact) mass is 202 g/mol. The number of amides is 1. The summed E-state index contributed by atoms with van der Waals surface area (Å²) in [5.41, 5.74) is 5.59. The topological polar surface area (TPSA) is 75.3 Å². The number of aliphatic hydroxyl groups is 1. The molecule has 0 aromatic rings. The molecule has 3 unspecified atom stereocenters. The van der Waals surface area contributed by atoms with Gasteiger partial charge in [0.05, 0.1) is 6.10 Å². The second kappa shape index (κ2) is 6.79. The highest BCUT2D eigenvalue weighted by Gasteiger charge is 2.15. The van der Waals surface area contributed by atoms with Gasteiger partial charge in [-0.2, -0.15) is 0 Å². The summed E-state index contributed by atoms with van der Waals surface area (Å²) >= 11 is 0. The highest BCUT2D eigenvalue weighted by Crippen LogP contribution is 2.00. The molecule has 0 aromatic heterocycles. The minimum Gasteiger partial charge on any atom is -0.393 e. The lowest BCUT2D eigenvalue weighted by Gasteiger charge is -2.15. The van der Waals surface area contributed by atoms with E-state index < -0.39 is 0 Å². The molecule has 4 heteroatoms. The maximum atomic E-state index is 11.4. The molecule has 0 aliphatic heterocycles. The Hall–Kier alpha value is -0.610. The van der Waals surface area contributed by atoms with Crippen LogP contribution in [0.25, 0.3) is 0 Å². The smallest absolute Gasteiger partial charge is 0.224 e. The van der Waals surface area contributed by atoms with E-state index in [1.807, 2.05) is 13.8 Å². The van der Waals surface area contributed by atoms with Crippen molar-refractivity contribution in [2.45, 2.75) is 45.8 Å². The molecule has 1 amide bonds. The first-order valence-electron chi connectivity index (χ1n) is 5.16. The summed E-state index contributed by atoms with van der Waals surface area (Å²) in [6.07, 6.45) is 1.22. The number of aliphatic hydroxyl groups excluding tert-OH is 1. The maximum absolute atomic E-state index is 11.4. The third kappa shape index (κ3) is 5.94. The molecule has 0 aliphatic rings. The molecule has 0 aliphatic carbocycles. The third-order valence-corrected chi connectivity index (χ3v) is 2.30. The van der Waals surface area contributed by atoms with Gasteiger partial charge in [0.2, 0.25) is 5.91 Å². The van der Waals surface area contributed by atoms with Crippen LogP contribution in [0.2, 0.25) is 0 Å². The summed E-state index contributed by atoms with van der Waals surface area (Å²) in [5, 5.41) is 11.8. The van der Waals surface area contributed by atoms with Crippen molar-refractivity contribution in [2.75, 3.05) is 6.54 Å². The predicted octanol–water partition coefficient (Wildman–Crippen LogP) is 0.247. The molecule has 0 bridgehead atoms. The zero-order chi connectivity index (χ0) is 11.1. The fourth-order valence-electron chi connectivity index (χ4n) is 1.01. The van der Waals surface area contributed by atoms with Crippen molar-refractivity contribution >= 4 is 5.91 Å². The van der Waals surface area contributed by atoms with Gasteiger partial charge in [0, 0.05) is 18.5 Å². The van der Waals surface area contributed by atoms with Crippen LogP contribution in [-0.4, -0.2) is 29.7 Å². The first-order valence-corrected chi connectivity index (χ1v) is 5.16. The molecule has 0 saturated carbocycles. The van der Waals surface area contributed by atoms with Crippen LogP contribution in [0.1, 0.15) is 33.6 Å². The van der Waals surface area contributed by atoms with Crippen molar-refractivity contribution in [1.82, 2.24) is 5.32 Å². The highest BCUT2D eigenvalue weighted by atomic mass is 16.3. The van der Waals surface area contributed by atoms with Gasteiger partial charge >= 0.3 is 0 Å². The predicted molar refractivity (Wildman–Crippen MR) is 56.7 cm³/mol. The Kier molecular flexibility index (Phi) is 6.49. The zero-order valence-corrected chi connectivity index (χ0v) is 9.29. The van der Waals surface area contributed by atoms with E-state index in [0.29, 0.717) is 13.0 Å². The van der Waals surface area contributed by atoms with Gasteiger partial charge in [-0.25, -0.2) is 0 Å². The van der Waals surface area contributed by atoms with Crippen molar-refractivity contribution in [1.29, 1.82) is 0 Å². The standard InChI is InChI=1S/C10H22N2O2/c1-7(13)5-4-6-12-10(14)8(2)9(3)11/h7-9,13H,4-6,11H2,1-3H3,(H,12,14). The molecule has 84 valence electrons. The molecular formula is C10H22N2O2. The molecule has 0 saturated heterocycles. The van der Waals surface area contributed by atoms with Crippen molar-refractivity contribution < 1.29 is 9.90 Å². The molecule has 3 atom stereocenters. The molecule has 0 fully saturated rings. The van der Waals surface area contributed by atoms with Crippen LogP contribution in [0.5, 0.6) is 0 Å². The van der Waals surface area contributed by atoms with E-state index >= 15 is 0 Å². The summed E-state index contributed by atoms with van der Waals surface area (Å²) in [6, 6.07) is -0.119. The molecule has 4 N–H and O–H groups in total. The van der Waals surface area contributed by atoms with Gasteiger partial charge < -0.3 is 16.2 Å². The van der Waals surface area contributed by atoms with E-state index in [1.54, 1.807) is 6.92 Å². The van der Waals surface area contributed by atoms with E-state index in [4.69, 9.17) is 10.8 Å². The van der Waals surface area contributed by atoms with E-state index in [2.05, 4.69) is 5.32 Å². The molecule has 14 heavy (non-hydrogen) atoms. The summed E-state index contributed by atoms with van der Waals surface area (Å²) in [4.78, 5) is 11.4. The zero-order valence-electron chi connectivity index (χ0n) is 9.29. The van der Waals surface area contributed by atoms with Crippen molar-refractivity contribution in [3.05, 3.63) is 0 Å². The lowest BCUT2D eigenvalue weighted by atomic mass is 10.0. The number of carbonyl (C=O) groups excluding carboxylic acids is 1. The Morgan fingerprint density at radius 1 is 1.43 bits per heavy atom. The largest absolute Gasteiger partial charge is 0.393 e. The average molecular weight is 202 g/mol. The van der Waals surface area contributed by atoms with E-state index in [0.717, 1.165) is 6.42 Å². The molecule has 0 rings (SSSR count). The minimum atomic E-state index is -0.294. The normalized spacial score (nSPS) is 17.2. The van der Waals surface area contributed by atoms with Crippen molar-refractivity contribution in [3.8, 4) is 0 Å². The van der Waals surface area contributed by atoms with Crippen molar-refractivity contribution in [3.63, 3.8) is 0 Å². The first kappa shape index (κ1) is 13.4. The molecule has 0 aromatic carbocycles. The van der Waals surface area contributed by atoms with Gasteiger partial charge in [0.25, 0.3) is 0 Å². The Morgan fingerprint density at radius 2 is 2.00 bits per heavy atom. The van der Waals surface area contributed by atoms with E-state index in [-0.39, 0.29) is 24.0 Å². The Labute approximate surface area is 85.9 Å². The van der Waals surface area contributed by atoms with Crippen LogP contribution in [0.15, 0.2) is 0 Å². The molecule has 0 spiro atoms. The summed E-state index contributed by atoms with van der Waals surface area (Å²) in [7, 11) is 0. The second-order valence-corrected chi connectivity index (χ2v) is 3.93. The molecule has 4 nitrogen and oxygen atoms in total. The number of carbonyl (C=O) groups is 1. The quantitative estimate of drug-likeness (QED) is 0.540. The van der Waals surface area contributed by atoms with Gasteiger partial charge in [-0.05, 0) is 26.7 Å². The van der Waals surface area contributed by atoms with Gasteiger partial charge in [-0.3, -0.25) is 4.79 Å². The fraction of sp³-hybridized carbons (Fsp3) is 0.900. The highest BCUT2D eigenvalue weighted by molar-refractivity contribution is 5.78. The molecule has 0 heterocycles. The Bertz CT molecular complexity index is 170. The third-order valence-electron chi connectivity index (χ3n) is 2.30. The van der Waals surface area contributed by atoms with Gasteiger partial charge in [0.15, 0.2) is 0 Å². The van der Waals surface area contributed by atoms with Crippen LogP contribution in [0.4, 0.5) is 0 Å². The van der Waals surface area contributed by atoms with Crippen LogP contribution in [0.3, 0.4) is 0 Å². The molecule has 0 radical (unpaired) electrons. The van der Waals surface area contributed by atoms with Crippen LogP contribution in [0, 0.1) is 5.92 Å². The van der Waals surface area contributed by atoms with Crippen LogP contribution >= 0.6 is 0 Å². The van der Waals surface area contributed by atoms with E-state index in [1.165, 1.54) is 0 Å². The summed E-state index contributed by atoms with van der Waals surface area (Å²) in [5.74, 6) is -0.160. The number of hydrogen-bond donors (Lipinski definition) is 3. The average Bonchev–Trinajstić information content (AvgIpc) is 2.10. The first-order chi connectivity index (χ1) is 6.45. The number of nitrogens with one attached hydrogen (secondary N) is 1. The summed E-state index contributed by atoms with van der Waals surface area (Å²) < 4.78 is 0. The number of hydrogen-bond acceptors (Lipinski definition) is 3. The SMILES string of the molecule is CC(O)CCCNC(=O)C(C)C(C)N. The number of rotatable bonds is 6. The van der Waals surface area contributed by atoms with Gasteiger partial charge in [-0.1, -0.05) is 6.92 Å². The van der Waals surface area contributed by atoms with Gasteiger partial charge in [0.1, 0.15) is 0 Å². The second-order valence-electron chi connectivity index (χ2n) is 3.93. The number of nitrogens with two attached hydrogens (primary N) is 1. The Morgan fingerprint density at radius 3 is 2.43 bits per heavy atom. The minimum absolute atomic E-state index is 0.00871. The fourth-order valence-corrected chi connectivity index (χ4v) is 1.01. The van der Waals surface area contributed by atoms with E-state index in [9.17, 15) is 4.79 Å². The maximum Gasteiger partial charge on any atom is 0.224 e. The van der Waals surface area contributed by atoms with Crippen molar-refractivity contribution in [2.24, 2.45) is 11.7 Å². The van der Waals surface area contributed by atoms with Crippen LogP contribution < -0.4 is 11.1 Å². The lowest BCUT2D eigenvalue weighted by molar-refractivity contribution is -0.124. The summed E-state index contributed by atoms with van der Waals surface area (Å²) in [6.45, 7) is 5.99. The van der Waals surface area contributed by atoms with Crippen LogP contribution in [-0.2, 0) is 4.79 Å². The Balaban J connectivity index is 3.54. The molecular weight excluding hydrogens is 180 g/mol.